The largest absolute Gasteiger partial charge is 0.469 e. The molecule has 0 unspecified atom stereocenters. The van der Waals surface area contributed by atoms with Crippen molar-refractivity contribution >= 4 is 5.91 Å². The van der Waals surface area contributed by atoms with Crippen LogP contribution in [0.25, 0.3) is 0 Å². The predicted octanol–water partition coefficient (Wildman–Crippen LogP) is 1.07. The highest BCUT2D eigenvalue weighted by Crippen LogP contribution is 2.16. The molecule has 0 aliphatic heterocycles. The third kappa shape index (κ3) is 3.44. The molecule has 0 fully saturated rings. The molecular weight excluding hydrogens is 282 g/mol. The summed E-state index contributed by atoms with van der Waals surface area (Å²) in [4.78, 5) is 23.9. The molecule has 22 heavy (non-hydrogen) atoms. The normalized spacial score (nSPS) is 13.6. The van der Waals surface area contributed by atoms with Crippen LogP contribution in [0.4, 0.5) is 0 Å². The van der Waals surface area contributed by atoms with E-state index in [1.807, 2.05) is 12.1 Å². The summed E-state index contributed by atoms with van der Waals surface area (Å²) in [5, 5.41) is 7.11. The molecule has 1 amide bonds. The molecule has 1 aliphatic rings. The van der Waals surface area contributed by atoms with Gasteiger partial charge in [-0.1, -0.05) is 0 Å². The number of furan rings is 1. The molecule has 2 aromatic rings. The summed E-state index contributed by atoms with van der Waals surface area (Å²) in [6, 6.07) is 5.30. The second-order valence-electron chi connectivity index (χ2n) is 5.50. The van der Waals surface area contributed by atoms with E-state index in [1.54, 1.807) is 12.3 Å². The van der Waals surface area contributed by atoms with Crippen molar-refractivity contribution in [2.45, 2.75) is 38.6 Å². The van der Waals surface area contributed by atoms with Gasteiger partial charge in [-0.05, 0) is 43.4 Å². The highest BCUT2D eigenvalue weighted by atomic mass is 16.3. The molecule has 0 radical (unpaired) electrons. The van der Waals surface area contributed by atoms with Gasteiger partial charge in [-0.15, -0.1) is 0 Å². The Morgan fingerprint density at radius 1 is 1.36 bits per heavy atom. The molecule has 2 aromatic heterocycles. The smallest absolute Gasteiger partial charge is 0.267 e. The van der Waals surface area contributed by atoms with Crippen LogP contribution in [-0.4, -0.2) is 22.2 Å². The van der Waals surface area contributed by atoms with Crippen molar-refractivity contribution in [3.8, 4) is 0 Å². The first-order chi connectivity index (χ1) is 10.7. The number of carbonyl (C=O) groups is 1. The monoisotopic (exact) mass is 301 g/mol. The van der Waals surface area contributed by atoms with E-state index in [0.29, 0.717) is 13.0 Å². The molecular formula is C16H19N3O3. The first-order valence-corrected chi connectivity index (χ1v) is 7.61. The lowest BCUT2D eigenvalue weighted by atomic mass is 9.97. The van der Waals surface area contributed by atoms with Crippen molar-refractivity contribution in [1.82, 2.24) is 15.1 Å². The minimum atomic E-state index is -0.211. The Morgan fingerprint density at radius 3 is 3.05 bits per heavy atom. The molecule has 116 valence electrons. The Hall–Kier alpha value is -2.37. The highest BCUT2D eigenvalue weighted by Gasteiger charge is 2.14. The molecule has 0 aromatic carbocycles. The number of aromatic nitrogens is 2. The topological polar surface area (TPSA) is 77.1 Å². The maximum atomic E-state index is 12.0. The van der Waals surface area contributed by atoms with E-state index < -0.39 is 0 Å². The third-order valence-corrected chi connectivity index (χ3v) is 3.84. The van der Waals surface area contributed by atoms with Gasteiger partial charge in [-0.2, -0.15) is 5.10 Å². The van der Waals surface area contributed by atoms with Gasteiger partial charge >= 0.3 is 0 Å². The van der Waals surface area contributed by atoms with Crippen LogP contribution in [0.2, 0.25) is 0 Å². The van der Waals surface area contributed by atoms with Gasteiger partial charge in [0, 0.05) is 19.0 Å². The standard InChI is InChI=1S/C16H19N3O3/c20-15(17-8-7-13-5-3-9-22-13)11-19-16(21)10-12-4-1-2-6-14(12)18-19/h3,5,9-10H,1-2,4,6-8,11H2,(H,17,20). The Labute approximate surface area is 128 Å². The molecule has 0 saturated heterocycles. The van der Waals surface area contributed by atoms with E-state index in [4.69, 9.17) is 4.42 Å². The maximum absolute atomic E-state index is 12.0. The van der Waals surface area contributed by atoms with Crippen molar-refractivity contribution in [1.29, 1.82) is 0 Å². The van der Waals surface area contributed by atoms with Crippen molar-refractivity contribution in [3.63, 3.8) is 0 Å². The van der Waals surface area contributed by atoms with Crippen molar-refractivity contribution in [2.75, 3.05) is 6.54 Å². The number of rotatable bonds is 5. The number of hydrogen-bond acceptors (Lipinski definition) is 4. The summed E-state index contributed by atoms with van der Waals surface area (Å²) in [5.74, 6) is 0.612. The quantitative estimate of drug-likeness (QED) is 0.896. The summed E-state index contributed by atoms with van der Waals surface area (Å²) in [5.41, 5.74) is 1.78. The zero-order chi connectivity index (χ0) is 15.4. The van der Waals surface area contributed by atoms with Gasteiger partial charge in [-0.3, -0.25) is 9.59 Å². The molecule has 2 heterocycles. The molecule has 1 aliphatic carbocycles. The SMILES string of the molecule is O=C(Cn1nc2c(cc1=O)CCCC2)NCCc1ccco1. The van der Waals surface area contributed by atoms with Crippen LogP contribution < -0.4 is 10.9 Å². The predicted molar refractivity (Wildman–Crippen MR) is 80.6 cm³/mol. The second-order valence-corrected chi connectivity index (χ2v) is 5.50. The molecule has 0 saturated carbocycles. The van der Waals surface area contributed by atoms with E-state index in [0.717, 1.165) is 42.7 Å². The zero-order valence-electron chi connectivity index (χ0n) is 12.4. The fraction of sp³-hybridized carbons (Fsp3) is 0.438. The number of aryl methyl sites for hydroxylation is 2. The van der Waals surface area contributed by atoms with Gasteiger partial charge < -0.3 is 9.73 Å². The summed E-state index contributed by atoms with van der Waals surface area (Å²) in [6.45, 7) is 0.441. The number of carbonyl (C=O) groups excluding carboxylic acids is 1. The first-order valence-electron chi connectivity index (χ1n) is 7.61. The molecule has 6 nitrogen and oxygen atoms in total. The van der Waals surface area contributed by atoms with E-state index in [1.165, 1.54) is 4.68 Å². The van der Waals surface area contributed by atoms with E-state index in [2.05, 4.69) is 10.4 Å². The lowest BCUT2D eigenvalue weighted by Crippen LogP contribution is -2.35. The van der Waals surface area contributed by atoms with Crippen LogP contribution in [0.15, 0.2) is 33.7 Å². The number of hydrogen-bond donors (Lipinski definition) is 1. The van der Waals surface area contributed by atoms with Crippen molar-refractivity contribution < 1.29 is 9.21 Å². The lowest BCUT2D eigenvalue weighted by molar-refractivity contribution is -0.121. The molecule has 0 atom stereocenters. The molecule has 0 spiro atoms. The average molecular weight is 301 g/mol. The average Bonchev–Trinajstić information content (AvgIpc) is 3.01. The molecule has 1 N–H and O–H groups in total. The second kappa shape index (κ2) is 6.60. The van der Waals surface area contributed by atoms with Gasteiger partial charge in [-0.25, -0.2) is 4.68 Å². The Bertz CT molecular complexity index is 704. The number of nitrogens with one attached hydrogen (secondary N) is 1. The zero-order valence-corrected chi connectivity index (χ0v) is 12.4. The van der Waals surface area contributed by atoms with E-state index >= 15 is 0 Å². The van der Waals surface area contributed by atoms with Crippen LogP contribution in [0.5, 0.6) is 0 Å². The number of fused-ring (bicyclic) bond motifs is 1. The maximum Gasteiger partial charge on any atom is 0.267 e. The van der Waals surface area contributed by atoms with E-state index in [-0.39, 0.29) is 18.0 Å². The minimum Gasteiger partial charge on any atom is -0.469 e. The van der Waals surface area contributed by atoms with Gasteiger partial charge in [0.25, 0.3) is 5.56 Å². The third-order valence-electron chi connectivity index (χ3n) is 3.84. The summed E-state index contributed by atoms with van der Waals surface area (Å²) in [7, 11) is 0. The molecule has 0 bridgehead atoms. The number of amides is 1. The Kier molecular flexibility index (Phi) is 4.37. The minimum absolute atomic E-state index is 0.0374. The van der Waals surface area contributed by atoms with Crippen molar-refractivity contribution in [2.24, 2.45) is 0 Å². The summed E-state index contributed by atoms with van der Waals surface area (Å²) in [6.07, 6.45) is 6.22. The number of nitrogens with zero attached hydrogens (tertiary/aromatic N) is 2. The van der Waals surface area contributed by atoms with Crippen molar-refractivity contribution in [3.05, 3.63) is 51.8 Å². The van der Waals surface area contributed by atoms with Crippen LogP contribution in [-0.2, 0) is 30.6 Å². The van der Waals surface area contributed by atoms with E-state index in [9.17, 15) is 9.59 Å². The fourth-order valence-corrected chi connectivity index (χ4v) is 2.69. The van der Waals surface area contributed by atoms with Gasteiger partial charge in [0.1, 0.15) is 12.3 Å². The molecule has 3 rings (SSSR count). The van der Waals surface area contributed by atoms with Gasteiger partial charge in [0.05, 0.1) is 12.0 Å². The highest BCUT2D eigenvalue weighted by molar-refractivity contribution is 5.75. The first kappa shape index (κ1) is 14.6. The summed E-state index contributed by atoms with van der Waals surface area (Å²) >= 11 is 0. The Morgan fingerprint density at radius 2 is 2.23 bits per heavy atom. The van der Waals surface area contributed by atoms with Gasteiger partial charge in [0.2, 0.25) is 5.91 Å². The lowest BCUT2D eigenvalue weighted by Gasteiger charge is -2.15. The summed E-state index contributed by atoms with van der Waals surface area (Å²) < 4.78 is 6.45. The van der Waals surface area contributed by atoms with Crippen LogP contribution in [0.1, 0.15) is 29.9 Å². The van der Waals surface area contributed by atoms with Crippen LogP contribution in [0, 0.1) is 0 Å². The van der Waals surface area contributed by atoms with Gasteiger partial charge in [0.15, 0.2) is 0 Å². The fourth-order valence-electron chi connectivity index (χ4n) is 2.69. The Balaban J connectivity index is 1.58. The molecule has 6 heteroatoms. The van der Waals surface area contributed by atoms with Crippen LogP contribution in [0.3, 0.4) is 0 Å². The van der Waals surface area contributed by atoms with Crippen LogP contribution >= 0.6 is 0 Å².